The summed E-state index contributed by atoms with van der Waals surface area (Å²) >= 11 is 2.01. The van der Waals surface area contributed by atoms with Crippen LogP contribution in [0.25, 0.3) is 0 Å². The fraction of sp³-hybridized carbons (Fsp3) is 0.455. The van der Waals surface area contributed by atoms with Gasteiger partial charge in [-0.15, -0.1) is 0 Å². The standard InChI is InChI=1S/C11H13NO2S/c1-2-10-11(14-7-13-10)5-8(1)12-9-3-4-15-6-9/h1-2,5,9,12H,3-4,6-7H2. The highest BCUT2D eigenvalue weighted by atomic mass is 32.2. The molecular formula is C11H13NO2S. The van der Waals surface area contributed by atoms with Crippen LogP contribution < -0.4 is 14.8 Å². The Morgan fingerprint density at radius 1 is 1.27 bits per heavy atom. The van der Waals surface area contributed by atoms with Crippen LogP contribution in [0, 0.1) is 0 Å². The summed E-state index contributed by atoms with van der Waals surface area (Å²) in [5.41, 5.74) is 1.13. The number of fused-ring (bicyclic) bond motifs is 1. The molecule has 2 heterocycles. The predicted molar refractivity (Wildman–Crippen MR) is 61.9 cm³/mol. The molecule has 3 nitrogen and oxygen atoms in total. The second kappa shape index (κ2) is 3.85. The van der Waals surface area contributed by atoms with Gasteiger partial charge in [0.05, 0.1) is 0 Å². The molecule has 1 fully saturated rings. The Labute approximate surface area is 93.1 Å². The van der Waals surface area contributed by atoms with E-state index in [1.807, 2.05) is 23.9 Å². The van der Waals surface area contributed by atoms with E-state index in [0.717, 1.165) is 17.2 Å². The highest BCUT2D eigenvalue weighted by Crippen LogP contribution is 2.34. The van der Waals surface area contributed by atoms with Gasteiger partial charge in [-0.05, 0) is 24.3 Å². The Morgan fingerprint density at radius 3 is 3.07 bits per heavy atom. The molecule has 2 aliphatic rings. The van der Waals surface area contributed by atoms with Gasteiger partial charge >= 0.3 is 0 Å². The van der Waals surface area contributed by atoms with Crippen molar-refractivity contribution in [2.24, 2.45) is 0 Å². The molecule has 0 saturated carbocycles. The molecule has 1 unspecified atom stereocenters. The summed E-state index contributed by atoms with van der Waals surface area (Å²) in [5.74, 6) is 4.17. The third-order valence-corrected chi connectivity index (χ3v) is 3.84. The lowest BCUT2D eigenvalue weighted by atomic mass is 10.2. The van der Waals surface area contributed by atoms with Crippen LogP contribution in [0.15, 0.2) is 18.2 Å². The Kier molecular flexibility index (Phi) is 2.37. The van der Waals surface area contributed by atoms with E-state index in [-0.39, 0.29) is 0 Å². The van der Waals surface area contributed by atoms with Crippen molar-refractivity contribution >= 4 is 17.4 Å². The fourth-order valence-electron chi connectivity index (χ4n) is 1.87. The van der Waals surface area contributed by atoms with Gasteiger partial charge in [0.2, 0.25) is 6.79 Å². The molecule has 15 heavy (non-hydrogen) atoms. The van der Waals surface area contributed by atoms with Crippen LogP contribution in [0.2, 0.25) is 0 Å². The maximum Gasteiger partial charge on any atom is 0.231 e. The minimum atomic E-state index is 0.345. The summed E-state index contributed by atoms with van der Waals surface area (Å²) in [7, 11) is 0. The minimum absolute atomic E-state index is 0.345. The first-order chi connectivity index (χ1) is 7.42. The summed E-state index contributed by atoms with van der Waals surface area (Å²) < 4.78 is 10.6. The number of hydrogen-bond acceptors (Lipinski definition) is 4. The molecule has 4 heteroatoms. The third kappa shape index (κ3) is 1.86. The smallest absolute Gasteiger partial charge is 0.231 e. The molecule has 1 saturated heterocycles. The van der Waals surface area contributed by atoms with E-state index in [9.17, 15) is 0 Å². The van der Waals surface area contributed by atoms with E-state index in [4.69, 9.17) is 9.47 Å². The topological polar surface area (TPSA) is 30.5 Å². The number of anilines is 1. The van der Waals surface area contributed by atoms with Crippen LogP contribution in [0.4, 0.5) is 5.69 Å². The molecule has 3 rings (SSSR count). The van der Waals surface area contributed by atoms with Gasteiger partial charge in [0.15, 0.2) is 11.5 Å². The number of rotatable bonds is 2. The highest BCUT2D eigenvalue weighted by Gasteiger charge is 2.17. The number of hydrogen-bond donors (Lipinski definition) is 1. The Morgan fingerprint density at radius 2 is 2.20 bits per heavy atom. The van der Waals surface area contributed by atoms with Crippen molar-refractivity contribution in [3.8, 4) is 11.5 Å². The van der Waals surface area contributed by atoms with Crippen molar-refractivity contribution in [1.29, 1.82) is 0 Å². The Balaban J connectivity index is 1.75. The summed E-state index contributed by atoms with van der Waals surface area (Å²) in [6.45, 7) is 0.345. The van der Waals surface area contributed by atoms with Crippen LogP contribution in [-0.4, -0.2) is 24.3 Å². The molecule has 0 amide bonds. The molecule has 0 radical (unpaired) electrons. The van der Waals surface area contributed by atoms with Gasteiger partial charge in [-0.1, -0.05) is 0 Å². The quantitative estimate of drug-likeness (QED) is 0.833. The lowest BCUT2D eigenvalue weighted by molar-refractivity contribution is 0.174. The predicted octanol–water partition coefficient (Wildman–Crippen LogP) is 2.33. The first-order valence-corrected chi connectivity index (χ1v) is 6.31. The molecule has 0 aliphatic carbocycles. The van der Waals surface area contributed by atoms with Crippen molar-refractivity contribution in [2.45, 2.75) is 12.5 Å². The minimum Gasteiger partial charge on any atom is -0.454 e. The highest BCUT2D eigenvalue weighted by molar-refractivity contribution is 7.99. The molecule has 0 aromatic heterocycles. The van der Waals surface area contributed by atoms with Crippen LogP contribution in [0.1, 0.15) is 6.42 Å². The van der Waals surface area contributed by atoms with Gasteiger partial charge in [-0.2, -0.15) is 11.8 Å². The van der Waals surface area contributed by atoms with Gasteiger partial charge in [0.25, 0.3) is 0 Å². The molecule has 0 spiro atoms. The van der Waals surface area contributed by atoms with Gasteiger partial charge in [0.1, 0.15) is 0 Å². The maximum absolute atomic E-state index is 5.34. The van der Waals surface area contributed by atoms with Gasteiger partial charge in [0, 0.05) is 23.5 Å². The maximum atomic E-state index is 5.34. The summed E-state index contributed by atoms with van der Waals surface area (Å²) in [6.07, 6.45) is 1.25. The SMILES string of the molecule is c1cc2c(cc1NC1CCSC1)OCO2. The second-order valence-corrected chi connectivity index (χ2v) is 4.92. The van der Waals surface area contributed by atoms with Crippen LogP contribution in [0.5, 0.6) is 11.5 Å². The summed E-state index contributed by atoms with van der Waals surface area (Å²) in [4.78, 5) is 0. The fourth-order valence-corrected chi connectivity index (χ4v) is 3.02. The number of nitrogens with one attached hydrogen (secondary N) is 1. The van der Waals surface area contributed by atoms with Crippen molar-refractivity contribution < 1.29 is 9.47 Å². The van der Waals surface area contributed by atoms with Gasteiger partial charge in [-0.3, -0.25) is 0 Å². The van der Waals surface area contributed by atoms with E-state index in [2.05, 4.69) is 11.4 Å². The average molecular weight is 223 g/mol. The molecule has 2 aliphatic heterocycles. The van der Waals surface area contributed by atoms with Crippen molar-refractivity contribution in [2.75, 3.05) is 23.6 Å². The number of thioether (sulfide) groups is 1. The van der Waals surface area contributed by atoms with Crippen LogP contribution in [-0.2, 0) is 0 Å². The van der Waals surface area contributed by atoms with E-state index < -0.39 is 0 Å². The first-order valence-electron chi connectivity index (χ1n) is 5.16. The molecule has 1 N–H and O–H groups in total. The molecule has 1 aromatic rings. The van der Waals surface area contributed by atoms with E-state index in [0.29, 0.717) is 12.8 Å². The Hall–Kier alpha value is -1.03. The first kappa shape index (κ1) is 9.21. The summed E-state index contributed by atoms with van der Waals surface area (Å²) in [6, 6.07) is 6.64. The zero-order valence-corrected chi connectivity index (χ0v) is 9.18. The zero-order chi connectivity index (χ0) is 10.1. The van der Waals surface area contributed by atoms with Crippen molar-refractivity contribution in [1.82, 2.24) is 0 Å². The zero-order valence-electron chi connectivity index (χ0n) is 8.36. The van der Waals surface area contributed by atoms with E-state index in [1.165, 1.54) is 17.9 Å². The van der Waals surface area contributed by atoms with E-state index >= 15 is 0 Å². The summed E-state index contributed by atoms with van der Waals surface area (Å²) in [5, 5.41) is 3.51. The van der Waals surface area contributed by atoms with Gasteiger partial charge in [-0.25, -0.2) is 0 Å². The molecule has 80 valence electrons. The molecule has 0 bridgehead atoms. The van der Waals surface area contributed by atoms with Crippen LogP contribution in [0.3, 0.4) is 0 Å². The number of ether oxygens (including phenoxy) is 2. The van der Waals surface area contributed by atoms with Crippen molar-refractivity contribution in [3.05, 3.63) is 18.2 Å². The normalized spacial score (nSPS) is 23.1. The molecule has 1 aromatic carbocycles. The lowest BCUT2D eigenvalue weighted by Gasteiger charge is -2.12. The van der Waals surface area contributed by atoms with Crippen molar-refractivity contribution in [3.63, 3.8) is 0 Å². The average Bonchev–Trinajstić information content (AvgIpc) is 2.87. The van der Waals surface area contributed by atoms with E-state index in [1.54, 1.807) is 0 Å². The molecule has 1 atom stereocenters. The second-order valence-electron chi connectivity index (χ2n) is 3.77. The third-order valence-electron chi connectivity index (χ3n) is 2.67. The van der Waals surface area contributed by atoms with Gasteiger partial charge < -0.3 is 14.8 Å². The lowest BCUT2D eigenvalue weighted by Crippen LogP contribution is -2.17. The Bertz CT molecular complexity index is 364. The molecular weight excluding hydrogens is 210 g/mol. The monoisotopic (exact) mass is 223 g/mol. The van der Waals surface area contributed by atoms with Crippen LogP contribution >= 0.6 is 11.8 Å². The number of benzene rings is 1. The largest absolute Gasteiger partial charge is 0.454 e.